The molecular formula is C19H27N3OS. The highest BCUT2D eigenvalue weighted by Crippen LogP contribution is 2.36. The Bertz CT molecular complexity index is 638. The van der Waals surface area contributed by atoms with Crippen molar-refractivity contribution in [3.8, 4) is 0 Å². The van der Waals surface area contributed by atoms with Gasteiger partial charge in [0.25, 0.3) is 0 Å². The fraction of sp³-hybridized carbons (Fsp3) is 0.579. The lowest BCUT2D eigenvalue weighted by Crippen LogP contribution is -2.33. The van der Waals surface area contributed by atoms with Crippen LogP contribution >= 0.6 is 11.5 Å². The molecule has 0 N–H and O–H groups in total. The zero-order chi connectivity index (χ0) is 16.9. The molecular weight excluding hydrogens is 318 g/mol. The van der Waals surface area contributed by atoms with Crippen LogP contribution < -0.4 is 4.90 Å². The second-order valence-corrected chi connectivity index (χ2v) is 7.49. The fourth-order valence-electron chi connectivity index (χ4n) is 3.27. The summed E-state index contributed by atoms with van der Waals surface area (Å²) in [6, 6.07) is 9.56. The second-order valence-electron chi connectivity index (χ2n) is 6.76. The Morgan fingerprint density at radius 3 is 2.75 bits per heavy atom. The molecule has 1 aliphatic heterocycles. The molecule has 1 saturated heterocycles. The van der Waals surface area contributed by atoms with Crippen molar-refractivity contribution in [2.75, 3.05) is 25.2 Å². The van der Waals surface area contributed by atoms with Gasteiger partial charge in [0.15, 0.2) is 0 Å². The minimum atomic E-state index is 0.420. The first-order chi connectivity index (χ1) is 11.7. The molecule has 1 aliphatic rings. The van der Waals surface area contributed by atoms with Gasteiger partial charge in [0.2, 0.25) is 5.13 Å². The molecule has 0 radical (unpaired) electrons. The highest BCUT2D eigenvalue weighted by Gasteiger charge is 2.26. The molecule has 1 atom stereocenters. The number of hydrogen-bond acceptors (Lipinski definition) is 5. The maximum absolute atomic E-state index is 5.13. The third kappa shape index (κ3) is 3.95. The van der Waals surface area contributed by atoms with E-state index in [0.29, 0.717) is 18.6 Å². The maximum Gasteiger partial charge on any atom is 0.205 e. The van der Waals surface area contributed by atoms with Crippen LogP contribution in [-0.4, -0.2) is 29.6 Å². The van der Waals surface area contributed by atoms with Crippen LogP contribution in [0.5, 0.6) is 0 Å². The lowest BCUT2D eigenvalue weighted by Gasteiger charge is -2.35. The lowest BCUT2D eigenvalue weighted by atomic mass is 9.93. The van der Waals surface area contributed by atoms with Crippen molar-refractivity contribution in [2.45, 2.75) is 51.5 Å². The summed E-state index contributed by atoms with van der Waals surface area (Å²) in [7, 11) is 1.72. The summed E-state index contributed by atoms with van der Waals surface area (Å²) in [5.41, 5.74) is 2.80. The molecule has 5 heteroatoms. The van der Waals surface area contributed by atoms with E-state index in [4.69, 9.17) is 9.72 Å². The van der Waals surface area contributed by atoms with Crippen LogP contribution in [0.4, 0.5) is 5.13 Å². The quantitative estimate of drug-likeness (QED) is 0.768. The van der Waals surface area contributed by atoms with Crippen LogP contribution in [0.25, 0.3) is 0 Å². The molecule has 1 aromatic carbocycles. The molecule has 1 unspecified atom stereocenters. The molecule has 2 heterocycles. The molecule has 0 saturated carbocycles. The zero-order valence-corrected chi connectivity index (χ0v) is 15.7. The van der Waals surface area contributed by atoms with Gasteiger partial charge < -0.3 is 9.64 Å². The van der Waals surface area contributed by atoms with Crippen LogP contribution in [0.3, 0.4) is 0 Å². The van der Waals surface area contributed by atoms with Crippen LogP contribution in [0.1, 0.15) is 62.0 Å². The molecule has 1 fully saturated rings. The van der Waals surface area contributed by atoms with Gasteiger partial charge in [-0.15, -0.1) is 0 Å². The summed E-state index contributed by atoms with van der Waals surface area (Å²) in [6.45, 7) is 6.22. The van der Waals surface area contributed by atoms with Crippen molar-refractivity contribution in [1.29, 1.82) is 0 Å². The number of aromatic nitrogens is 2. The Morgan fingerprint density at radius 1 is 1.25 bits per heavy atom. The molecule has 24 heavy (non-hydrogen) atoms. The van der Waals surface area contributed by atoms with E-state index in [9.17, 15) is 0 Å². The molecule has 0 aliphatic carbocycles. The van der Waals surface area contributed by atoms with E-state index >= 15 is 0 Å². The van der Waals surface area contributed by atoms with Crippen molar-refractivity contribution in [3.05, 3.63) is 41.2 Å². The van der Waals surface area contributed by atoms with Crippen LogP contribution in [-0.2, 0) is 11.2 Å². The minimum Gasteiger partial charge on any atom is -0.384 e. The maximum atomic E-state index is 5.13. The molecule has 0 bridgehead atoms. The SMILES string of the molecule is COCCc1nsc(N2CCCCC2c2ccc(C(C)C)cc2)n1. The summed E-state index contributed by atoms with van der Waals surface area (Å²) in [6.07, 6.45) is 4.48. The van der Waals surface area contributed by atoms with Gasteiger partial charge in [0.1, 0.15) is 5.82 Å². The number of anilines is 1. The predicted octanol–water partition coefficient (Wildman–Crippen LogP) is 4.58. The van der Waals surface area contributed by atoms with E-state index < -0.39 is 0 Å². The average Bonchev–Trinajstić information content (AvgIpc) is 3.09. The Morgan fingerprint density at radius 2 is 2.04 bits per heavy atom. The summed E-state index contributed by atoms with van der Waals surface area (Å²) in [5, 5.41) is 1.05. The van der Waals surface area contributed by atoms with E-state index in [2.05, 4.69) is 47.4 Å². The first kappa shape index (κ1) is 17.4. The summed E-state index contributed by atoms with van der Waals surface area (Å²) < 4.78 is 9.64. The second kappa shape index (κ2) is 8.08. The van der Waals surface area contributed by atoms with Gasteiger partial charge in [-0.2, -0.15) is 4.37 Å². The highest BCUT2D eigenvalue weighted by atomic mass is 32.1. The van der Waals surface area contributed by atoms with E-state index in [1.54, 1.807) is 7.11 Å². The Balaban J connectivity index is 1.79. The van der Waals surface area contributed by atoms with E-state index in [1.165, 1.54) is 41.9 Å². The van der Waals surface area contributed by atoms with E-state index in [1.807, 2.05) is 0 Å². The van der Waals surface area contributed by atoms with Crippen molar-refractivity contribution >= 4 is 16.7 Å². The number of hydrogen-bond donors (Lipinski definition) is 0. The number of ether oxygens (including phenoxy) is 1. The molecule has 130 valence electrons. The molecule has 2 aromatic rings. The predicted molar refractivity (Wildman–Crippen MR) is 100.0 cm³/mol. The third-order valence-electron chi connectivity index (χ3n) is 4.72. The van der Waals surface area contributed by atoms with Crippen LogP contribution in [0, 0.1) is 0 Å². The number of nitrogens with zero attached hydrogens (tertiary/aromatic N) is 3. The molecule has 3 rings (SSSR count). The Labute approximate surface area is 149 Å². The molecule has 0 amide bonds. The van der Waals surface area contributed by atoms with Crippen molar-refractivity contribution in [1.82, 2.24) is 9.36 Å². The summed E-state index contributed by atoms with van der Waals surface area (Å²) in [4.78, 5) is 7.19. The smallest absolute Gasteiger partial charge is 0.205 e. The monoisotopic (exact) mass is 345 g/mol. The van der Waals surface area contributed by atoms with E-state index in [-0.39, 0.29) is 0 Å². The molecule has 4 nitrogen and oxygen atoms in total. The molecule has 1 aromatic heterocycles. The minimum absolute atomic E-state index is 0.420. The number of benzene rings is 1. The number of rotatable bonds is 6. The summed E-state index contributed by atoms with van der Waals surface area (Å²) >= 11 is 1.52. The highest BCUT2D eigenvalue weighted by molar-refractivity contribution is 7.09. The Hall–Kier alpha value is -1.46. The van der Waals surface area contributed by atoms with Gasteiger partial charge >= 0.3 is 0 Å². The van der Waals surface area contributed by atoms with Gasteiger partial charge in [-0.05, 0) is 36.3 Å². The van der Waals surface area contributed by atoms with Crippen molar-refractivity contribution < 1.29 is 4.74 Å². The summed E-state index contributed by atoms with van der Waals surface area (Å²) in [5.74, 6) is 1.48. The van der Waals surface area contributed by atoms with Gasteiger partial charge in [0.05, 0.1) is 12.6 Å². The Kier molecular flexibility index (Phi) is 5.85. The number of methoxy groups -OCH3 is 1. The van der Waals surface area contributed by atoms with Crippen LogP contribution in [0.2, 0.25) is 0 Å². The first-order valence-corrected chi connectivity index (χ1v) is 9.64. The van der Waals surface area contributed by atoms with Gasteiger partial charge in [-0.1, -0.05) is 38.1 Å². The van der Waals surface area contributed by atoms with Gasteiger partial charge in [-0.25, -0.2) is 4.98 Å². The fourth-order valence-corrected chi connectivity index (χ4v) is 4.06. The average molecular weight is 346 g/mol. The topological polar surface area (TPSA) is 38.2 Å². The standard InChI is InChI=1S/C19H27N3OS/c1-14(2)15-7-9-16(10-8-15)17-6-4-5-12-22(17)19-20-18(21-24-19)11-13-23-3/h7-10,14,17H,4-6,11-13H2,1-3H3. The molecule has 0 spiro atoms. The van der Waals surface area contributed by atoms with Crippen molar-refractivity contribution in [2.24, 2.45) is 0 Å². The number of piperidine rings is 1. The van der Waals surface area contributed by atoms with E-state index in [0.717, 1.165) is 23.9 Å². The first-order valence-electron chi connectivity index (χ1n) is 8.87. The normalized spacial score (nSPS) is 18.3. The largest absolute Gasteiger partial charge is 0.384 e. The van der Waals surface area contributed by atoms with Crippen molar-refractivity contribution in [3.63, 3.8) is 0 Å². The van der Waals surface area contributed by atoms with Gasteiger partial charge in [-0.3, -0.25) is 0 Å². The lowest BCUT2D eigenvalue weighted by molar-refractivity contribution is 0.201. The van der Waals surface area contributed by atoms with Crippen LogP contribution in [0.15, 0.2) is 24.3 Å². The zero-order valence-electron chi connectivity index (χ0n) is 14.9. The van der Waals surface area contributed by atoms with Gasteiger partial charge in [0, 0.05) is 31.6 Å². The third-order valence-corrected chi connectivity index (χ3v) is 5.51.